The van der Waals surface area contributed by atoms with Crippen molar-refractivity contribution in [2.75, 3.05) is 23.7 Å². The van der Waals surface area contributed by atoms with Crippen LogP contribution in [0, 0.1) is 0 Å². The van der Waals surface area contributed by atoms with Gasteiger partial charge in [0.25, 0.3) is 0 Å². The van der Waals surface area contributed by atoms with E-state index < -0.39 is 28.5 Å². The third kappa shape index (κ3) is 7.86. The highest BCUT2D eigenvalue weighted by Crippen LogP contribution is 2.31. The van der Waals surface area contributed by atoms with E-state index in [1.54, 1.807) is 31.2 Å². The fourth-order valence-electron chi connectivity index (χ4n) is 3.93. The van der Waals surface area contributed by atoms with E-state index in [-0.39, 0.29) is 29.6 Å². The summed E-state index contributed by atoms with van der Waals surface area (Å²) in [5, 5.41) is 3.60. The number of hydrogen-bond donors (Lipinski definition) is 1. The summed E-state index contributed by atoms with van der Waals surface area (Å²) in [6.45, 7) is 1.54. The van der Waals surface area contributed by atoms with E-state index in [0.717, 1.165) is 16.1 Å². The lowest BCUT2D eigenvalue weighted by molar-refractivity contribution is -0.140. The molecule has 0 aliphatic heterocycles. The lowest BCUT2D eigenvalue weighted by atomic mass is 10.0. The van der Waals surface area contributed by atoms with Crippen molar-refractivity contribution in [1.29, 1.82) is 0 Å². The summed E-state index contributed by atoms with van der Waals surface area (Å²) in [6, 6.07) is 19.6. The third-order valence-corrected chi connectivity index (χ3v) is 7.81. The van der Waals surface area contributed by atoms with Crippen LogP contribution < -0.4 is 9.62 Å². The average molecular weight is 597 g/mol. The topological polar surface area (TPSA) is 86.8 Å². The summed E-state index contributed by atoms with van der Waals surface area (Å²) in [4.78, 5) is 28.6. The van der Waals surface area contributed by atoms with Crippen molar-refractivity contribution < 1.29 is 18.0 Å². The van der Waals surface area contributed by atoms with Gasteiger partial charge in [0, 0.05) is 29.6 Å². The number of amides is 2. The summed E-state index contributed by atoms with van der Waals surface area (Å²) in [5.74, 6) is -0.972. The van der Waals surface area contributed by atoms with Gasteiger partial charge in [0.1, 0.15) is 12.6 Å². The van der Waals surface area contributed by atoms with Gasteiger partial charge in [-0.15, -0.1) is 0 Å². The number of hydrogen-bond acceptors (Lipinski definition) is 4. The van der Waals surface area contributed by atoms with Gasteiger partial charge in [-0.2, -0.15) is 0 Å². The molecule has 0 fully saturated rings. The van der Waals surface area contributed by atoms with Gasteiger partial charge in [0.2, 0.25) is 21.8 Å². The van der Waals surface area contributed by atoms with Crippen LogP contribution in [0.2, 0.25) is 15.1 Å². The summed E-state index contributed by atoms with van der Waals surface area (Å²) in [7, 11) is -3.95. The fraction of sp³-hybridized carbons (Fsp3) is 0.259. The number of nitrogens with zero attached hydrogens (tertiary/aromatic N) is 2. The first-order chi connectivity index (χ1) is 18.0. The molecule has 0 radical (unpaired) electrons. The first kappa shape index (κ1) is 29.8. The van der Waals surface area contributed by atoms with Crippen molar-refractivity contribution in [3.05, 3.63) is 99.0 Å². The van der Waals surface area contributed by atoms with Gasteiger partial charge in [0.05, 0.1) is 17.0 Å². The van der Waals surface area contributed by atoms with E-state index in [2.05, 4.69) is 5.32 Å². The molecule has 0 spiro atoms. The fourth-order valence-corrected chi connectivity index (χ4v) is 5.55. The molecule has 0 bridgehead atoms. The zero-order chi connectivity index (χ0) is 27.9. The van der Waals surface area contributed by atoms with Crippen LogP contribution in [0.1, 0.15) is 18.1 Å². The predicted octanol–water partition coefficient (Wildman–Crippen LogP) is 5.19. The first-order valence-corrected chi connectivity index (χ1v) is 14.8. The Hall–Kier alpha value is -2.78. The van der Waals surface area contributed by atoms with Crippen LogP contribution >= 0.6 is 34.8 Å². The van der Waals surface area contributed by atoms with Crippen LogP contribution in [0.4, 0.5) is 5.69 Å². The molecule has 1 atom stereocenters. The van der Waals surface area contributed by atoms with Crippen molar-refractivity contribution in [1.82, 2.24) is 10.2 Å². The molecule has 0 aliphatic rings. The van der Waals surface area contributed by atoms with Gasteiger partial charge in [-0.1, -0.05) is 83.3 Å². The number of nitrogens with one attached hydrogen (secondary N) is 1. The van der Waals surface area contributed by atoms with Gasteiger partial charge in [0.15, 0.2) is 0 Å². The molecule has 1 N–H and O–H groups in total. The molecule has 0 aliphatic carbocycles. The minimum atomic E-state index is -3.95. The van der Waals surface area contributed by atoms with Crippen molar-refractivity contribution >= 4 is 62.3 Å². The number of carbonyl (C=O) groups excluding carboxylic acids is 2. The van der Waals surface area contributed by atoms with Crippen LogP contribution in [0.15, 0.2) is 72.8 Å². The van der Waals surface area contributed by atoms with Gasteiger partial charge in [-0.3, -0.25) is 13.9 Å². The summed E-state index contributed by atoms with van der Waals surface area (Å²) < 4.78 is 26.5. The Morgan fingerprint density at radius 3 is 2.18 bits per heavy atom. The average Bonchev–Trinajstić information content (AvgIpc) is 2.86. The van der Waals surface area contributed by atoms with Crippen LogP contribution in [0.25, 0.3) is 0 Å². The molecule has 1 unspecified atom stereocenters. The quantitative estimate of drug-likeness (QED) is 0.330. The molecule has 3 aromatic carbocycles. The van der Waals surface area contributed by atoms with E-state index in [0.29, 0.717) is 22.2 Å². The second-order valence-corrected chi connectivity index (χ2v) is 11.7. The number of rotatable bonds is 11. The molecule has 0 heterocycles. The molecule has 3 rings (SSSR count). The predicted molar refractivity (Wildman–Crippen MR) is 153 cm³/mol. The SMILES string of the molecule is CCNC(=O)C(Cc1ccccc1)N(Cc1ccccc1Cl)C(=O)CN(c1ccc(Cl)cc1Cl)S(C)(=O)=O. The Morgan fingerprint density at radius 2 is 1.58 bits per heavy atom. The standard InChI is InChI=1S/C27H28Cl3N3O4S/c1-3-31-27(35)25(15-19-9-5-4-6-10-19)32(17-20-11-7-8-12-22(20)29)26(34)18-33(38(2,36)37)24-14-13-21(28)16-23(24)30/h4-14,16,25H,3,15,17-18H2,1-2H3,(H,31,35). The molecule has 0 saturated heterocycles. The zero-order valence-corrected chi connectivity index (χ0v) is 24.0. The Kier molecular flexibility index (Phi) is 10.4. The molecular formula is C27H28Cl3N3O4S. The molecule has 11 heteroatoms. The van der Waals surface area contributed by atoms with E-state index in [4.69, 9.17) is 34.8 Å². The highest BCUT2D eigenvalue weighted by molar-refractivity contribution is 7.92. The highest BCUT2D eigenvalue weighted by atomic mass is 35.5. The summed E-state index contributed by atoms with van der Waals surface area (Å²) in [5.41, 5.74) is 1.55. The molecule has 0 aromatic heterocycles. The number of sulfonamides is 1. The Labute approximate surface area is 238 Å². The maximum atomic E-state index is 13.9. The highest BCUT2D eigenvalue weighted by Gasteiger charge is 2.33. The van der Waals surface area contributed by atoms with Crippen molar-refractivity contribution in [3.63, 3.8) is 0 Å². The largest absolute Gasteiger partial charge is 0.355 e. The second-order valence-electron chi connectivity index (χ2n) is 8.58. The van der Waals surface area contributed by atoms with Crippen molar-refractivity contribution in [2.24, 2.45) is 0 Å². The first-order valence-electron chi connectivity index (χ1n) is 11.8. The second kappa shape index (κ2) is 13.3. The number of halogens is 3. The summed E-state index contributed by atoms with van der Waals surface area (Å²) >= 11 is 18.7. The minimum Gasteiger partial charge on any atom is -0.355 e. The van der Waals surface area contributed by atoms with Crippen LogP contribution in [0.3, 0.4) is 0 Å². The summed E-state index contributed by atoms with van der Waals surface area (Å²) in [6.07, 6.45) is 1.19. The van der Waals surface area contributed by atoms with Crippen LogP contribution in [-0.4, -0.2) is 50.5 Å². The Bertz CT molecular complexity index is 1390. The maximum absolute atomic E-state index is 13.9. The van der Waals surface area contributed by atoms with E-state index in [1.807, 2.05) is 30.3 Å². The third-order valence-electron chi connectivity index (χ3n) is 5.78. The van der Waals surface area contributed by atoms with Gasteiger partial charge in [-0.05, 0) is 42.3 Å². The van der Waals surface area contributed by atoms with Crippen LogP contribution in [-0.2, 0) is 32.6 Å². The molecule has 7 nitrogen and oxygen atoms in total. The monoisotopic (exact) mass is 595 g/mol. The van der Waals surface area contributed by atoms with Gasteiger partial charge in [-0.25, -0.2) is 8.42 Å². The van der Waals surface area contributed by atoms with Crippen LogP contribution in [0.5, 0.6) is 0 Å². The van der Waals surface area contributed by atoms with E-state index >= 15 is 0 Å². The Morgan fingerprint density at radius 1 is 0.921 bits per heavy atom. The number of benzene rings is 3. The Balaban J connectivity index is 2.07. The number of carbonyl (C=O) groups is 2. The molecule has 202 valence electrons. The lowest BCUT2D eigenvalue weighted by Crippen LogP contribution is -2.53. The van der Waals surface area contributed by atoms with E-state index in [9.17, 15) is 18.0 Å². The van der Waals surface area contributed by atoms with E-state index in [1.165, 1.54) is 23.1 Å². The van der Waals surface area contributed by atoms with Gasteiger partial charge >= 0.3 is 0 Å². The van der Waals surface area contributed by atoms with Crippen molar-refractivity contribution in [3.8, 4) is 0 Å². The smallest absolute Gasteiger partial charge is 0.244 e. The minimum absolute atomic E-state index is 0.0148. The lowest BCUT2D eigenvalue weighted by Gasteiger charge is -2.33. The zero-order valence-electron chi connectivity index (χ0n) is 20.9. The number of anilines is 1. The molecule has 2 amide bonds. The number of likely N-dealkylation sites (N-methyl/N-ethyl adjacent to an activating group) is 1. The van der Waals surface area contributed by atoms with Gasteiger partial charge < -0.3 is 10.2 Å². The molecule has 0 saturated carbocycles. The molecule has 38 heavy (non-hydrogen) atoms. The molecular weight excluding hydrogens is 569 g/mol. The maximum Gasteiger partial charge on any atom is 0.244 e. The molecule has 3 aromatic rings. The van der Waals surface area contributed by atoms with Crippen molar-refractivity contribution in [2.45, 2.75) is 25.9 Å². The normalized spacial score (nSPS) is 12.0.